The average Bonchev–Trinajstić information content (AvgIpc) is 2.39. The molecule has 0 saturated heterocycles. The summed E-state index contributed by atoms with van der Waals surface area (Å²) in [4.78, 5) is 0. The van der Waals surface area contributed by atoms with Gasteiger partial charge in [0.05, 0.1) is 6.10 Å². The molecule has 2 rings (SSSR count). The minimum Gasteiger partial charge on any atom is -0.388 e. The molecule has 0 heterocycles. The predicted octanol–water partition coefficient (Wildman–Crippen LogP) is 4.18. The highest BCUT2D eigenvalue weighted by atomic mass is 16.3. The Bertz CT molecular complexity index is 309. The fourth-order valence-corrected chi connectivity index (χ4v) is 2.66. The first-order valence-electron chi connectivity index (χ1n) is 6.59. The maximum absolute atomic E-state index is 9.73. The van der Waals surface area contributed by atoms with Crippen molar-refractivity contribution in [2.24, 2.45) is 0 Å². The largest absolute Gasteiger partial charge is 0.388 e. The molecule has 1 N–H and O–H groups in total. The summed E-state index contributed by atoms with van der Waals surface area (Å²) in [5, 5.41) is 9.73. The van der Waals surface area contributed by atoms with Crippen LogP contribution in [0.1, 0.15) is 68.6 Å². The third kappa shape index (κ3) is 2.65. The molecule has 1 aliphatic rings. The van der Waals surface area contributed by atoms with Crippen molar-refractivity contribution in [1.29, 1.82) is 0 Å². The number of hydrogen-bond donors (Lipinski definition) is 1. The second-order valence-corrected chi connectivity index (χ2v) is 4.93. The van der Waals surface area contributed by atoms with E-state index in [2.05, 4.69) is 24.3 Å². The van der Waals surface area contributed by atoms with E-state index in [-0.39, 0.29) is 6.10 Å². The highest BCUT2D eigenvalue weighted by Crippen LogP contribution is 2.33. The van der Waals surface area contributed by atoms with Gasteiger partial charge in [0.25, 0.3) is 0 Å². The quantitative estimate of drug-likeness (QED) is 0.807. The minimum atomic E-state index is -0.291. The molecule has 0 radical (unpaired) electrons. The number of rotatable bonds is 3. The van der Waals surface area contributed by atoms with Crippen molar-refractivity contribution in [3.05, 3.63) is 35.4 Å². The summed E-state index contributed by atoms with van der Waals surface area (Å²) in [7, 11) is 0. The van der Waals surface area contributed by atoms with Gasteiger partial charge in [-0.05, 0) is 36.3 Å². The summed E-state index contributed by atoms with van der Waals surface area (Å²) in [6, 6.07) is 8.62. The molecule has 0 bridgehead atoms. The smallest absolute Gasteiger partial charge is 0.0787 e. The van der Waals surface area contributed by atoms with Gasteiger partial charge in [-0.15, -0.1) is 0 Å². The summed E-state index contributed by atoms with van der Waals surface area (Å²) in [5.41, 5.74) is 2.52. The Balaban J connectivity index is 2.06. The molecule has 0 amide bonds. The molecule has 1 aliphatic carbocycles. The van der Waals surface area contributed by atoms with E-state index in [1.165, 1.54) is 37.7 Å². The fourth-order valence-electron chi connectivity index (χ4n) is 2.66. The van der Waals surface area contributed by atoms with Crippen LogP contribution >= 0.6 is 0 Å². The molecule has 0 aromatic heterocycles. The van der Waals surface area contributed by atoms with Gasteiger partial charge in [0.15, 0.2) is 0 Å². The van der Waals surface area contributed by atoms with Gasteiger partial charge in [-0.2, -0.15) is 0 Å². The van der Waals surface area contributed by atoms with E-state index in [0.29, 0.717) is 0 Å². The van der Waals surface area contributed by atoms with Gasteiger partial charge >= 0.3 is 0 Å². The highest BCUT2D eigenvalue weighted by Gasteiger charge is 2.15. The molecular weight excluding hydrogens is 196 g/mol. The van der Waals surface area contributed by atoms with Gasteiger partial charge in [-0.3, -0.25) is 0 Å². The Morgan fingerprint density at radius 2 is 1.75 bits per heavy atom. The van der Waals surface area contributed by atoms with Crippen LogP contribution in [0.25, 0.3) is 0 Å². The number of aliphatic hydroxyl groups excluding tert-OH is 1. The number of aliphatic hydroxyl groups is 1. The second-order valence-electron chi connectivity index (χ2n) is 4.93. The van der Waals surface area contributed by atoms with Crippen molar-refractivity contribution in [3.63, 3.8) is 0 Å². The van der Waals surface area contributed by atoms with Gasteiger partial charge in [0.1, 0.15) is 0 Å². The molecule has 1 nitrogen and oxygen atoms in total. The molecule has 0 unspecified atom stereocenters. The summed E-state index contributed by atoms with van der Waals surface area (Å²) < 4.78 is 0. The lowest BCUT2D eigenvalue weighted by Crippen LogP contribution is -2.04. The van der Waals surface area contributed by atoms with Crippen LogP contribution in [0, 0.1) is 0 Å². The lowest BCUT2D eigenvalue weighted by Gasteiger charge is -2.22. The summed E-state index contributed by atoms with van der Waals surface area (Å²) in [6.07, 6.45) is 7.35. The molecule has 1 aromatic rings. The highest BCUT2D eigenvalue weighted by molar-refractivity contribution is 5.26. The van der Waals surface area contributed by atoms with Gasteiger partial charge in [-0.25, -0.2) is 0 Å². The first-order chi connectivity index (χ1) is 7.81. The van der Waals surface area contributed by atoms with E-state index < -0.39 is 0 Å². The number of hydrogen-bond acceptors (Lipinski definition) is 1. The van der Waals surface area contributed by atoms with Gasteiger partial charge in [0, 0.05) is 0 Å². The van der Waals surface area contributed by atoms with E-state index in [9.17, 15) is 5.11 Å². The lowest BCUT2D eigenvalue weighted by atomic mass is 9.84. The maximum Gasteiger partial charge on any atom is 0.0787 e. The molecule has 16 heavy (non-hydrogen) atoms. The van der Waals surface area contributed by atoms with E-state index in [1.807, 2.05) is 6.92 Å². The molecule has 1 heteroatoms. The Morgan fingerprint density at radius 3 is 2.31 bits per heavy atom. The molecule has 1 saturated carbocycles. The fraction of sp³-hybridized carbons (Fsp3) is 0.600. The van der Waals surface area contributed by atoms with Crippen LogP contribution in [0.4, 0.5) is 0 Å². The van der Waals surface area contributed by atoms with E-state index in [0.717, 1.165) is 17.9 Å². The molecular formula is C15H22O. The predicted molar refractivity (Wildman–Crippen MR) is 67.5 cm³/mol. The van der Waals surface area contributed by atoms with Gasteiger partial charge in [0.2, 0.25) is 0 Å². The van der Waals surface area contributed by atoms with Crippen molar-refractivity contribution in [2.75, 3.05) is 0 Å². The van der Waals surface area contributed by atoms with Crippen molar-refractivity contribution in [3.8, 4) is 0 Å². The van der Waals surface area contributed by atoms with Gasteiger partial charge in [-0.1, -0.05) is 50.5 Å². The van der Waals surface area contributed by atoms with Crippen LogP contribution < -0.4 is 0 Å². The molecule has 0 spiro atoms. The van der Waals surface area contributed by atoms with Crippen molar-refractivity contribution >= 4 is 0 Å². The van der Waals surface area contributed by atoms with E-state index in [1.54, 1.807) is 0 Å². The van der Waals surface area contributed by atoms with Gasteiger partial charge < -0.3 is 5.11 Å². The molecule has 0 aliphatic heterocycles. The van der Waals surface area contributed by atoms with Crippen molar-refractivity contribution in [2.45, 2.75) is 57.5 Å². The maximum atomic E-state index is 9.73. The summed E-state index contributed by atoms with van der Waals surface area (Å²) in [6.45, 7) is 2.01. The monoisotopic (exact) mass is 218 g/mol. The lowest BCUT2D eigenvalue weighted by molar-refractivity contribution is 0.173. The molecule has 1 fully saturated rings. The standard InChI is InChI=1S/C15H22O/c1-2-15(16)14-10-8-13(9-11-14)12-6-4-3-5-7-12/h8-12,15-16H,2-7H2,1H3/t15-/m0/s1. The number of benzene rings is 1. The first kappa shape index (κ1) is 11.7. The molecule has 1 atom stereocenters. The third-order valence-corrected chi connectivity index (χ3v) is 3.78. The Hall–Kier alpha value is -0.820. The van der Waals surface area contributed by atoms with Crippen LogP contribution in [-0.2, 0) is 0 Å². The van der Waals surface area contributed by atoms with E-state index >= 15 is 0 Å². The van der Waals surface area contributed by atoms with Crippen LogP contribution in [0.5, 0.6) is 0 Å². The zero-order chi connectivity index (χ0) is 11.4. The Morgan fingerprint density at radius 1 is 1.12 bits per heavy atom. The normalized spacial score (nSPS) is 19.6. The molecule has 1 aromatic carbocycles. The SMILES string of the molecule is CC[C@H](O)c1ccc(C2CCCCC2)cc1. The van der Waals surface area contributed by atoms with Crippen LogP contribution in [0.15, 0.2) is 24.3 Å². The summed E-state index contributed by atoms with van der Waals surface area (Å²) >= 11 is 0. The Kier molecular flexibility index (Phi) is 4.00. The Labute approximate surface area is 98.5 Å². The van der Waals surface area contributed by atoms with Crippen LogP contribution in [0.2, 0.25) is 0 Å². The average molecular weight is 218 g/mol. The minimum absolute atomic E-state index is 0.291. The first-order valence-corrected chi connectivity index (χ1v) is 6.59. The zero-order valence-electron chi connectivity index (χ0n) is 10.2. The summed E-state index contributed by atoms with van der Waals surface area (Å²) in [5.74, 6) is 0.765. The van der Waals surface area contributed by atoms with Crippen LogP contribution in [0.3, 0.4) is 0 Å². The van der Waals surface area contributed by atoms with Crippen molar-refractivity contribution < 1.29 is 5.11 Å². The topological polar surface area (TPSA) is 20.2 Å². The third-order valence-electron chi connectivity index (χ3n) is 3.78. The van der Waals surface area contributed by atoms with Crippen LogP contribution in [-0.4, -0.2) is 5.11 Å². The van der Waals surface area contributed by atoms with Crippen molar-refractivity contribution in [1.82, 2.24) is 0 Å². The molecule has 88 valence electrons. The van der Waals surface area contributed by atoms with E-state index in [4.69, 9.17) is 0 Å². The second kappa shape index (κ2) is 5.49. The zero-order valence-corrected chi connectivity index (χ0v) is 10.2.